The fourth-order valence-corrected chi connectivity index (χ4v) is 3.35. The zero-order valence-corrected chi connectivity index (χ0v) is 16.0. The molecule has 2 atom stereocenters. The van der Waals surface area contributed by atoms with Crippen molar-refractivity contribution in [3.05, 3.63) is 88.0 Å². The van der Waals surface area contributed by atoms with Crippen LogP contribution in [0.4, 0.5) is 4.39 Å². The number of benzene rings is 2. The van der Waals surface area contributed by atoms with Gasteiger partial charge in [-0.2, -0.15) is 5.10 Å². The van der Waals surface area contributed by atoms with E-state index in [-0.39, 0.29) is 23.9 Å². The van der Waals surface area contributed by atoms with Crippen LogP contribution in [0, 0.1) is 5.82 Å². The lowest BCUT2D eigenvalue weighted by Gasteiger charge is -2.24. The Morgan fingerprint density at radius 2 is 1.96 bits per heavy atom. The standard InChI is InChI=1S/C21H19ClFN3O2/c1-13(14-4-8-17(23)9-5-14)24-21(27)19-10-18-12-28-20(11-26(18)25-19)15-2-6-16(22)7-3-15/h2-10,13,20H,11-12H2,1H3,(H,24,27)/t13-,20+/m0/s1. The summed E-state index contributed by atoms with van der Waals surface area (Å²) in [6.45, 7) is 2.75. The van der Waals surface area contributed by atoms with Gasteiger partial charge in [-0.1, -0.05) is 35.9 Å². The molecule has 2 aromatic carbocycles. The van der Waals surface area contributed by atoms with Crippen molar-refractivity contribution in [3.8, 4) is 0 Å². The van der Waals surface area contributed by atoms with E-state index in [1.54, 1.807) is 22.9 Å². The highest BCUT2D eigenvalue weighted by molar-refractivity contribution is 6.30. The van der Waals surface area contributed by atoms with Crippen molar-refractivity contribution < 1.29 is 13.9 Å². The minimum Gasteiger partial charge on any atom is -0.365 e. The van der Waals surface area contributed by atoms with Gasteiger partial charge in [-0.3, -0.25) is 9.48 Å². The fraction of sp³-hybridized carbons (Fsp3) is 0.238. The second-order valence-electron chi connectivity index (χ2n) is 6.80. The molecule has 0 saturated carbocycles. The summed E-state index contributed by atoms with van der Waals surface area (Å²) < 4.78 is 20.8. The molecule has 1 aromatic heterocycles. The smallest absolute Gasteiger partial charge is 0.272 e. The number of hydrogen-bond donors (Lipinski definition) is 1. The summed E-state index contributed by atoms with van der Waals surface area (Å²) in [5, 5.41) is 8.02. The first-order valence-corrected chi connectivity index (χ1v) is 9.37. The van der Waals surface area contributed by atoms with E-state index in [1.807, 2.05) is 31.2 Å². The Balaban J connectivity index is 1.45. The number of halogens is 2. The molecule has 0 radical (unpaired) electrons. The van der Waals surface area contributed by atoms with Gasteiger partial charge in [-0.05, 0) is 48.4 Å². The topological polar surface area (TPSA) is 56.2 Å². The molecule has 28 heavy (non-hydrogen) atoms. The number of rotatable bonds is 4. The number of nitrogens with one attached hydrogen (secondary N) is 1. The van der Waals surface area contributed by atoms with Crippen LogP contribution in [0.3, 0.4) is 0 Å². The van der Waals surface area contributed by atoms with Crippen molar-refractivity contribution in [3.63, 3.8) is 0 Å². The average molecular weight is 400 g/mol. The molecule has 144 valence electrons. The SMILES string of the molecule is C[C@H](NC(=O)c1cc2n(n1)C[C@H](c1ccc(Cl)cc1)OC2)c1ccc(F)cc1. The van der Waals surface area contributed by atoms with Gasteiger partial charge in [0.05, 0.1) is 24.9 Å². The van der Waals surface area contributed by atoms with Crippen LogP contribution in [-0.2, 0) is 17.9 Å². The Hall–Kier alpha value is -2.70. The highest BCUT2D eigenvalue weighted by atomic mass is 35.5. The zero-order valence-electron chi connectivity index (χ0n) is 15.2. The molecule has 0 saturated heterocycles. The van der Waals surface area contributed by atoms with Crippen LogP contribution in [-0.4, -0.2) is 15.7 Å². The van der Waals surface area contributed by atoms with Gasteiger partial charge in [0.25, 0.3) is 5.91 Å². The summed E-state index contributed by atoms with van der Waals surface area (Å²) in [6, 6.07) is 15.1. The first kappa shape index (κ1) is 18.7. The van der Waals surface area contributed by atoms with Crippen molar-refractivity contribution in [1.82, 2.24) is 15.1 Å². The van der Waals surface area contributed by atoms with E-state index in [0.717, 1.165) is 16.8 Å². The Bertz CT molecular complexity index is 986. The van der Waals surface area contributed by atoms with E-state index < -0.39 is 0 Å². The Morgan fingerprint density at radius 1 is 1.25 bits per heavy atom. The highest BCUT2D eigenvalue weighted by Gasteiger charge is 2.24. The first-order chi connectivity index (χ1) is 13.5. The van der Waals surface area contributed by atoms with Gasteiger partial charge in [0, 0.05) is 5.02 Å². The van der Waals surface area contributed by atoms with Crippen LogP contribution in [0.2, 0.25) is 5.02 Å². The lowest BCUT2D eigenvalue weighted by molar-refractivity contribution is -0.00119. The molecule has 4 rings (SSSR count). The largest absolute Gasteiger partial charge is 0.365 e. The summed E-state index contributed by atoms with van der Waals surface area (Å²) in [6.07, 6.45) is -0.140. The molecule has 0 fully saturated rings. The van der Waals surface area contributed by atoms with Crippen LogP contribution in [0.15, 0.2) is 54.6 Å². The number of fused-ring (bicyclic) bond motifs is 1. The van der Waals surface area contributed by atoms with Crippen molar-refractivity contribution in [2.24, 2.45) is 0 Å². The van der Waals surface area contributed by atoms with E-state index in [1.165, 1.54) is 12.1 Å². The second kappa shape index (κ2) is 7.73. The van der Waals surface area contributed by atoms with Gasteiger partial charge < -0.3 is 10.1 Å². The van der Waals surface area contributed by atoms with Gasteiger partial charge >= 0.3 is 0 Å². The molecule has 1 aliphatic heterocycles. The molecule has 0 bridgehead atoms. The summed E-state index contributed by atoms with van der Waals surface area (Å²) in [5.41, 5.74) is 3.03. The molecule has 0 spiro atoms. The molecule has 2 heterocycles. The molecule has 1 amide bonds. The van der Waals surface area contributed by atoms with E-state index in [2.05, 4.69) is 10.4 Å². The summed E-state index contributed by atoms with van der Waals surface area (Å²) in [4.78, 5) is 12.6. The molecule has 7 heteroatoms. The second-order valence-corrected chi connectivity index (χ2v) is 7.24. The van der Waals surface area contributed by atoms with Crippen molar-refractivity contribution in [2.75, 3.05) is 0 Å². The van der Waals surface area contributed by atoms with Crippen LogP contribution in [0.1, 0.15) is 46.4 Å². The lowest BCUT2D eigenvalue weighted by atomic mass is 10.1. The Kier molecular flexibility index (Phi) is 5.15. The monoisotopic (exact) mass is 399 g/mol. The predicted octanol–water partition coefficient (Wildman–Crippen LogP) is 4.44. The summed E-state index contributed by atoms with van der Waals surface area (Å²) in [5.74, 6) is -0.582. The van der Waals surface area contributed by atoms with Gasteiger partial charge in [0.2, 0.25) is 0 Å². The molecule has 5 nitrogen and oxygen atoms in total. The van der Waals surface area contributed by atoms with Crippen LogP contribution in [0.25, 0.3) is 0 Å². The first-order valence-electron chi connectivity index (χ1n) is 9.00. The van der Waals surface area contributed by atoms with Crippen LogP contribution < -0.4 is 5.32 Å². The van der Waals surface area contributed by atoms with Gasteiger partial charge in [0.1, 0.15) is 11.9 Å². The van der Waals surface area contributed by atoms with Gasteiger partial charge in [0.15, 0.2) is 5.69 Å². The zero-order chi connectivity index (χ0) is 19.7. The van der Waals surface area contributed by atoms with Gasteiger partial charge in [-0.25, -0.2) is 4.39 Å². The molecule has 1 N–H and O–H groups in total. The number of aromatic nitrogens is 2. The van der Waals surface area contributed by atoms with E-state index in [0.29, 0.717) is 23.9 Å². The predicted molar refractivity (Wildman–Crippen MR) is 103 cm³/mol. The number of ether oxygens (including phenoxy) is 1. The van der Waals surface area contributed by atoms with Crippen LogP contribution >= 0.6 is 11.6 Å². The average Bonchev–Trinajstić information content (AvgIpc) is 3.12. The third-order valence-corrected chi connectivity index (χ3v) is 5.08. The van der Waals surface area contributed by atoms with Crippen molar-refractivity contribution in [2.45, 2.75) is 32.2 Å². The number of carbonyl (C=O) groups is 1. The Labute approximate surface area is 167 Å². The normalized spacial score (nSPS) is 17.0. The van der Waals surface area contributed by atoms with E-state index in [4.69, 9.17) is 16.3 Å². The third-order valence-electron chi connectivity index (χ3n) is 4.83. The molecule has 3 aromatic rings. The molecular formula is C21H19ClFN3O2. The van der Waals surface area contributed by atoms with E-state index in [9.17, 15) is 9.18 Å². The maximum Gasteiger partial charge on any atom is 0.272 e. The number of carbonyl (C=O) groups excluding carboxylic acids is 1. The number of amides is 1. The quantitative estimate of drug-likeness (QED) is 0.705. The maximum absolute atomic E-state index is 13.1. The molecule has 1 aliphatic rings. The maximum atomic E-state index is 13.1. The summed E-state index contributed by atoms with van der Waals surface area (Å²) >= 11 is 5.94. The van der Waals surface area contributed by atoms with Crippen molar-refractivity contribution in [1.29, 1.82) is 0 Å². The fourth-order valence-electron chi connectivity index (χ4n) is 3.22. The van der Waals surface area contributed by atoms with Crippen molar-refractivity contribution >= 4 is 17.5 Å². The Morgan fingerprint density at radius 3 is 2.68 bits per heavy atom. The minimum atomic E-state index is -0.306. The number of nitrogens with zero attached hydrogens (tertiary/aromatic N) is 2. The van der Waals surface area contributed by atoms with Gasteiger partial charge in [-0.15, -0.1) is 0 Å². The minimum absolute atomic E-state index is 0.140. The van der Waals surface area contributed by atoms with E-state index >= 15 is 0 Å². The lowest BCUT2D eigenvalue weighted by Crippen LogP contribution is -2.27. The summed E-state index contributed by atoms with van der Waals surface area (Å²) in [7, 11) is 0. The third kappa shape index (κ3) is 3.93. The number of hydrogen-bond acceptors (Lipinski definition) is 3. The molecule has 0 unspecified atom stereocenters. The molecule has 0 aliphatic carbocycles. The van der Waals surface area contributed by atoms with Crippen LogP contribution in [0.5, 0.6) is 0 Å². The molecular weight excluding hydrogens is 381 g/mol. The highest BCUT2D eigenvalue weighted by Crippen LogP contribution is 2.27.